The maximum Gasteiger partial charge on any atom is 0.345 e. The number of benzene rings is 1. The minimum Gasteiger partial charge on any atom is -0.464 e. The summed E-state index contributed by atoms with van der Waals surface area (Å²) in [4.78, 5) is 32.8. The van der Waals surface area contributed by atoms with Crippen LogP contribution in [0.4, 0.5) is 0 Å². The van der Waals surface area contributed by atoms with Crippen molar-refractivity contribution in [1.29, 1.82) is 0 Å². The molecule has 0 unspecified atom stereocenters. The molecule has 2 heterocycles. The maximum atomic E-state index is 12.2. The Morgan fingerprint density at radius 1 is 1.33 bits per heavy atom. The first kappa shape index (κ1) is 19.6. The first-order valence-corrected chi connectivity index (χ1v) is 9.79. The molecule has 0 spiro atoms. The molecule has 2 aromatic heterocycles. The third kappa shape index (κ3) is 5.18. The van der Waals surface area contributed by atoms with E-state index in [0.29, 0.717) is 21.1 Å². The Balaban J connectivity index is 1.70. The van der Waals surface area contributed by atoms with Crippen LogP contribution in [0.2, 0.25) is 5.02 Å². The molecule has 0 N–H and O–H groups in total. The summed E-state index contributed by atoms with van der Waals surface area (Å²) in [6.45, 7) is 1.87. The van der Waals surface area contributed by atoms with Crippen LogP contribution in [0, 0.1) is 6.92 Å². The molecule has 3 rings (SSSR count). The summed E-state index contributed by atoms with van der Waals surface area (Å²) in [7, 11) is 0. The number of carbonyl (C=O) groups excluding carboxylic acids is 1. The van der Waals surface area contributed by atoms with Gasteiger partial charge in [0.1, 0.15) is 12.0 Å². The second-order valence-corrected chi connectivity index (χ2v) is 7.62. The quantitative estimate of drug-likeness (QED) is 0.306. The second-order valence-electron chi connectivity index (χ2n) is 5.36. The number of carbonyl (C=O) groups is 1. The monoisotopic (exact) mass is 466 g/mol. The van der Waals surface area contributed by atoms with E-state index in [1.54, 1.807) is 24.4 Å². The van der Waals surface area contributed by atoms with Crippen LogP contribution in [-0.2, 0) is 5.75 Å². The lowest BCUT2D eigenvalue weighted by atomic mass is 10.2. The van der Waals surface area contributed by atoms with Crippen molar-refractivity contribution < 1.29 is 13.9 Å². The molecule has 138 valence electrons. The van der Waals surface area contributed by atoms with Gasteiger partial charge in [0.25, 0.3) is 0 Å². The van der Waals surface area contributed by atoms with Gasteiger partial charge in [0.15, 0.2) is 5.16 Å². The van der Waals surface area contributed by atoms with Gasteiger partial charge in [0.05, 0.1) is 16.3 Å². The summed E-state index contributed by atoms with van der Waals surface area (Å²) in [6, 6.07) is 7.83. The minimum absolute atomic E-state index is 0.140. The molecular formula is C18H12BrClN2O4S. The standard InChI is InChI=1S/C18H12BrClN2O4S/c1-10-4-5-21-18(22-10)27-9-12-7-15(23)16(8-25-12)26-17(24)13-6-11(19)2-3-14(13)20/h2-8H,9H2,1H3. The Kier molecular flexibility index (Phi) is 6.30. The summed E-state index contributed by atoms with van der Waals surface area (Å²) in [6.07, 6.45) is 2.77. The lowest BCUT2D eigenvalue weighted by Gasteiger charge is -2.06. The van der Waals surface area contributed by atoms with Crippen LogP contribution in [0.3, 0.4) is 0 Å². The highest BCUT2D eigenvalue weighted by molar-refractivity contribution is 9.10. The number of hydrogen-bond donors (Lipinski definition) is 0. The normalized spacial score (nSPS) is 10.6. The largest absolute Gasteiger partial charge is 0.464 e. The number of aromatic nitrogens is 2. The van der Waals surface area contributed by atoms with Gasteiger partial charge in [-0.05, 0) is 31.2 Å². The fourth-order valence-electron chi connectivity index (χ4n) is 2.03. The molecule has 0 amide bonds. The van der Waals surface area contributed by atoms with Gasteiger partial charge in [0, 0.05) is 22.4 Å². The third-order valence-electron chi connectivity index (χ3n) is 3.32. The van der Waals surface area contributed by atoms with Gasteiger partial charge in [-0.25, -0.2) is 14.8 Å². The number of hydrogen-bond acceptors (Lipinski definition) is 7. The number of nitrogens with zero attached hydrogens (tertiary/aromatic N) is 2. The van der Waals surface area contributed by atoms with Crippen LogP contribution in [0.25, 0.3) is 0 Å². The average Bonchev–Trinajstić information content (AvgIpc) is 2.64. The molecule has 27 heavy (non-hydrogen) atoms. The van der Waals surface area contributed by atoms with E-state index in [0.717, 1.165) is 12.0 Å². The number of esters is 1. The summed E-state index contributed by atoms with van der Waals surface area (Å²) in [5, 5.41) is 0.802. The predicted octanol–water partition coefficient (Wildman–Crippen LogP) is 4.67. The van der Waals surface area contributed by atoms with Crippen LogP contribution in [0.5, 0.6) is 5.75 Å². The Morgan fingerprint density at radius 2 is 2.15 bits per heavy atom. The zero-order valence-corrected chi connectivity index (χ0v) is 17.1. The molecular weight excluding hydrogens is 456 g/mol. The van der Waals surface area contributed by atoms with Crippen LogP contribution < -0.4 is 10.2 Å². The topological polar surface area (TPSA) is 82.3 Å². The number of thioether (sulfide) groups is 1. The lowest BCUT2D eigenvalue weighted by Crippen LogP contribution is -2.15. The molecule has 0 saturated heterocycles. The fraction of sp³-hybridized carbons (Fsp3) is 0.111. The third-order valence-corrected chi connectivity index (χ3v) is 5.03. The highest BCUT2D eigenvalue weighted by atomic mass is 79.9. The smallest absolute Gasteiger partial charge is 0.345 e. The number of ether oxygens (including phenoxy) is 1. The van der Waals surface area contributed by atoms with Gasteiger partial charge >= 0.3 is 5.97 Å². The Bertz CT molecular complexity index is 1060. The highest BCUT2D eigenvalue weighted by Gasteiger charge is 2.16. The van der Waals surface area contributed by atoms with E-state index in [4.69, 9.17) is 20.8 Å². The molecule has 0 atom stereocenters. The molecule has 0 saturated carbocycles. The van der Waals surface area contributed by atoms with E-state index in [1.165, 1.54) is 23.9 Å². The first-order valence-electron chi connectivity index (χ1n) is 7.64. The van der Waals surface area contributed by atoms with E-state index < -0.39 is 11.4 Å². The zero-order chi connectivity index (χ0) is 19.4. The van der Waals surface area contributed by atoms with Crippen molar-refractivity contribution in [2.24, 2.45) is 0 Å². The first-order chi connectivity index (χ1) is 12.9. The van der Waals surface area contributed by atoms with Crippen molar-refractivity contribution in [3.63, 3.8) is 0 Å². The van der Waals surface area contributed by atoms with E-state index >= 15 is 0 Å². The molecule has 0 aliphatic heterocycles. The molecule has 0 fully saturated rings. The minimum atomic E-state index is -0.746. The van der Waals surface area contributed by atoms with E-state index in [2.05, 4.69) is 25.9 Å². The van der Waals surface area contributed by atoms with Crippen molar-refractivity contribution in [3.05, 3.63) is 79.5 Å². The number of aryl methyl sites for hydroxylation is 1. The maximum absolute atomic E-state index is 12.2. The van der Waals surface area contributed by atoms with Gasteiger partial charge in [-0.15, -0.1) is 0 Å². The van der Waals surface area contributed by atoms with Crippen LogP contribution in [0.15, 0.2) is 61.6 Å². The van der Waals surface area contributed by atoms with Crippen molar-refractivity contribution in [3.8, 4) is 5.75 Å². The summed E-state index contributed by atoms with van der Waals surface area (Å²) < 4.78 is 11.2. The van der Waals surface area contributed by atoms with Crippen LogP contribution in [0.1, 0.15) is 21.8 Å². The van der Waals surface area contributed by atoms with Crippen LogP contribution >= 0.6 is 39.3 Å². The zero-order valence-electron chi connectivity index (χ0n) is 13.9. The van der Waals surface area contributed by atoms with Gasteiger partial charge in [-0.2, -0.15) is 0 Å². The lowest BCUT2D eigenvalue weighted by molar-refractivity contribution is 0.0729. The number of halogens is 2. The Hall–Kier alpha value is -2.16. The van der Waals surface area contributed by atoms with Gasteiger partial charge in [-0.3, -0.25) is 4.79 Å². The second kappa shape index (κ2) is 8.69. The van der Waals surface area contributed by atoms with Crippen molar-refractivity contribution in [2.75, 3.05) is 0 Å². The SMILES string of the molecule is Cc1ccnc(SCc2cc(=O)c(OC(=O)c3cc(Br)ccc3Cl)co2)n1. The molecule has 0 aliphatic rings. The molecule has 1 aromatic carbocycles. The van der Waals surface area contributed by atoms with Crippen LogP contribution in [-0.4, -0.2) is 15.9 Å². The van der Waals surface area contributed by atoms with E-state index in [1.807, 2.05) is 6.92 Å². The predicted molar refractivity (Wildman–Crippen MR) is 105 cm³/mol. The van der Waals surface area contributed by atoms with Gasteiger partial charge < -0.3 is 9.15 Å². The number of rotatable bonds is 5. The molecule has 6 nitrogen and oxygen atoms in total. The molecule has 0 aliphatic carbocycles. The summed E-state index contributed by atoms with van der Waals surface area (Å²) in [5.41, 5.74) is 0.519. The fourth-order valence-corrected chi connectivity index (χ4v) is 3.35. The Morgan fingerprint density at radius 3 is 2.89 bits per heavy atom. The summed E-state index contributed by atoms with van der Waals surface area (Å²) >= 11 is 10.6. The van der Waals surface area contributed by atoms with E-state index in [9.17, 15) is 9.59 Å². The highest BCUT2D eigenvalue weighted by Crippen LogP contribution is 2.23. The summed E-state index contributed by atoms with van der Waals surface area (Å²) in [5.74, 6) is -0.180. The molecule has 9 heteroatoms. The molecule has 0 bridgehead atoms. The van der Waals surface area contributed by atoms with Gasteiger partial charge in [0.2, 0.25) is 11.2 Å². The van der Waals surface area contributed by atoms with Crippen molar-refractivity contribution >= 4 is 45.3 Å². The van der Waals surface area contributed by atoms with Gasteiger partial charge in [-0.1, -0.05) is 39.3 Å². The average molecular weight is 468 g/mol. The van der Waals surface area contributed by atoms with Crippen molar-refractivity contribution in [2.45, 2.75) is 17.8 Å². The molecule has 3 aromatic rings. The van der Waals surface area contributed by atoms with Crippen molar-refractivity contribution in [1.82, 2.24) is 9.97 Å². The Labute approximate surface area is 172 Å². The van der Waals surface area contributed by atoms with E-state index in [-0.39, 0.29) is 16.3 Å². The molecule has 0 radical (unpaired) electrons.